The number of likely N-dealkylation sites (tertiary alicyclic amines) is 1. The second-order valence-electron chi connectivity index (χ2n) is 9.13. The SMILES string of the molecule is CCOC(=O)C(Oc1ccc2c(c1)CN(C(=N)N)CCO2)c1ccc(OC2CCN(C(C)=N)CC2)cc1. The Balaban J connectivity index is 1.47. The van der Waals surface area contributed by atoms with E-state index >= 15 is 0 Å². The van der Waals surface area contributed by atoms with E-state index in [2.05, 4.69) is 4.90 Å². The maximum absolute atomic E-state index is 12.8. The molecule has 37 heavy (non-hydrogen) atoms. The summed E-state index contributed by atoms with van der Waals surface area (Å²) in [6, 6.07) is 12.7. The zero-order valence-corrected chi connectivity index (χ0v) is 21.4. The number of nitrogens with zero attached hydrogens (tertiary/aromatic N) is 2. The van der Waals surface area contributed by atoms with Crippen LogP contribution >= 0.6 is 0 Å². The average molecular weight is 510 g/mol. The lowest BCUT2D eigenvalue weighted by molar-refractivity contribution is -0.151. The lowest BCUT2D eigenvalue weighted by Gasteiger charge is -2.32. The highest BCUT2D eigenvalue weighted by molar-refractivity contribution is 5.77. The summed E-state index contributed by atoms with van der Waals surface area (Å²) < 4.78 is 23.4. The highest BCUT2D eigenvalue weighted by Crippen LogP contribution is 2.31. The van der Waals surface area contributed by atoms with Crippen LogP contribution in [0.1, 0.15) is 43.9 Å². The Labute approximate surface area is 217 Å². The Kier molecular flexibility index (Phi) is 8.37. The number of carbonyl (C=O) groups is 1. The zero-order chi connectivity index (χ0) is 26.4. The van der Waals surface area contributed by atoms with Gasteiger partial charge >= 0.3 is 5.97 Å². The van der Waals surface area contributed by atoms with Crippen molar-refractivity contribution in [1.29, 1.82) is 10.8 Å². The molecule has 2 aromatic rings. The maximum atomic E-state index is 12.8. The molecular weight excluding hydrogens is 474 g/mol. The zero-order valence-electron chi connectivity index (χ0n) is 21.4. The number of nitrogens with one attached hydrogen (secondary N) is 2. The predicted molar refractivity (Wildman–Crippen MR) is 139 cm³/mol. The maximum Gasteiger partial charge on any atom is 0.352 e. The van der Waals surface area contributed by atoms with E-state index < -0.39 is 12.1 Å². The summed E-state index contributed by atoms with van der Waals surface area (Å²) in [5, 5.41) is 15.5. The van der Waals surface area contributed by atoms with Crippen LogP contribution < -0.4 is 19.9 Å². The number of rotatable bonds is 7. The van der Waals surface area contributed by atoms with Gasteiger partial charge in [-0.05, 0) is 44.2 Å². The molecule has 10 nitrogen and oxygen atoms in total. The van der Waals surface area contributed by atoms with E-state index in [-0.39, 0.29) is 18.7 Å². The number of amidine groups is 1. The third-order valence-corrected chi connectivity index (χ3v) is 6.51. The summed E-state index contributed by atoms with van der Waals surface area (Å²) in [6.07, 6.45) is 0.849. The highest BCUT2D eigenvalue weighted by atomic mass is 16.6. The van der Waals surface area contributed by atoms with Gasteiger partial charge in [0, 0.05) is 43.6 Å². The molecule has 1 unspecified atom stereocenters. The van der Waals surface area contributed by atoms with Crippen molar-refractivity contribution in [2.75, 3.05) is 32.8 Å². The van der Waals surface area contributed by atoms with Crippen molar-refractivity contribution in [2.24, 2.45) is 5.73 Å². The molecule has 0 aliphatic carbocycles. The van der Waals surface area contributed by atoms with Gasteiger partial charge in [0.15, 0.2) is 5.96 Å². The molecule has 2 aliphatic heterocycles. The number of ether oxygens (including phenoxy) is 4. The molecule has 0 bridgehead atoms. The van der Waals surface area contributed by atoms with Crippen molar-refractivity contribution in [3.8, 4) is 17.2 Å². The summed E-state index contributed by atoms with van der Waals surface area (Å²) >= 11 is 0. The Morgan fingerprint density at radius 3 is 2.43 bits per heavy atom. The summed E-state index contributed by atoms with van der Waals surface area (Å²) in [6.45, 7) is 6.78. The summed E-state index contributed by atoms with van der Waals surface area (Å²) in [5.41, 5.74) is 7.16. The van der Waals surface area contributed by atoms with Gasteiger partial charge in [0.05, 0.1) is 19.0 Å². The van der Waals surface area contributed by atoms with Crippen LogP contribution in [-0.4, -0.2) is 66.5 Å². The fourth-order valence-electron chi connectivity index (χ4n) is 4.48. The van der Waals surface area contributed by atoms with Crippen molar-refractivity contribution in [3.63, 3.8) is 0 Å². The molecule has 1 saturated heterocycles. The Morgan fingerprint density at radius 1 is 1.08 bits per heavy atom. The minimum atomic E-state index is -0.957. The molecule has 2 aromatic carbocycles. The van der Waals surface area contributed by atoms with E-state index in [1.807, 2.05) is 37.3 Å². The number of nitrogens with two attached hydrogens (primary N) is 1. The van der Waals surface area contributed by atoms with E-state index in [0.717, 1.165) is 37.2 Å². The van der Waals surface area contributed by atoms with Crippen molar-refractivity contribution in [3.05, 3.63) is 53.6 Å². The van der Waals surface area contributed by atoms with E-state index in [1.54, 1.807) is 24.0 Å². The molecule has 4 rings (SSSR count). The van der Waals surface area contributed by atoms with Crippen molar-refractivity contribution in [1.82, 2.24) is 9.80 Å². The van der Waals surface area contributed by atoms with Gasteiger partial charge in [0.1, 0.15) is 30.0 Å². The first kappa shape index (κ1) is 26.1. The molecule has 2 heterocycles. The average Bonchev–Trinajstić information content (AvgIpc) is 3.11. The molecule has 1 atom stereocenters. The van der Waals surface area contributed by atoms with Crippen molar-refractivity contribution >= 4 is 17.8 Å². The van der Waals surface area contributed by atoms with Gasteiger partial charge in [0.25, 0.3) is 0 Å². The van der Waals surface area contributed by atoms with E-state index in [0.29, 0.717) is 42.6 Å². The second kappa shape index (κ2) is 11.9. The molecular formula is C27H35N5O5. The molecule has 198 valence electrons. The summed E-state index contributed by atoms with van der Waals surface area (Å²) in [4.78, 5) is 16.6. The lowest BCUT2D eigenvalue weighted by Crippen LogP contribution is -2.40. The largest absolute Gasteiger partial charge is 0.491 e. The number of piperidine rings is 1. The third-order valence-electron chi connectivity index (χ3n) is 6.51. The standard InChI is InChI=1S/C27H35N5O5/c1-3-34-26(33)25(37-23-8-9-24-20(16-23)17-32(27(29)30)14-15-35-24)19-4-6-21(7-5-19)36-22-10-12-31(13-11-22)18(2)28/h4-9,16,22,25,28H,3,10-15,17H2,1-2H3,(H3,29,30). The molecule has 0 amide bonds. The number of hydrogen-bond donors (Lipinski definition) is 3. The van der Waals surface area contributed by atoms with Crippen LogP contribution in [0.25, 0.3) is 0 Å². The van der Waals surface area contributed by atoms with Crippen LogP contribution in [0.2, 0.25) is 0 Å². The number of hydrogen-bond acceptors (Lipinski definition) is 7. The van der Waals surface area contributed by atoms with Crippen LogP contribution in [0.15, 0.2) is 42.5 Å². The van der Waals surface area contributed by atoms with Crippen molar-refractivity contribution in [2.45, 2.75) is 45.4 Å². The molecule has 1 fully saturated rings. The number of fused-ring (bicyclic) bond motifs is 1. The minimum Gasteiger partial charge on any atom is -0.491 e. The first-order chi connectivity index (χ1) is 17.8. The Bertz CT molecular complexity index is 1110. The van der Waals surface area contributed by atoms with Crippen molar-refractivity contribution < 1.29 is 23.7 Å². The van der Waals surface area contributed by atoms with Crippen LogP contribution in [-0.2, 0) is 16.1 Å². The normalized spacial score (nSPS) is 16.6. The number of carbonyl (C=O) groups excluding carboxylic acids is 1. The van der Waals surface area contributed by atoms with Crippen LogP contribution in [0.5, 0.6) is 17.2 Å². The number of benzene rings is 2. The monoisotopic (exact) mass is 509 g/mol. The fourth-order valence-corrected chi connectivity index (χ4v) is 4.48. The highest BCUT2D eigenvalue weighted by Gasteiger charge is 2.26. The van der Waals surface area contributed by atoms with Gasteiger partial charge in [-0.15, -0.1) is 0 Å². The predicted octanol–water partition coefficient (Wildman–Crippen LogP) is 3.30. The lowest BCUT2D eigenvalue weighted by atomic mass is 10.1. The number of esters is 1. The van der Waals surface area contributed by atoms with Gasteiger partial charge < -0.3 is 34.5 Å². The van der Waals surface area contributed by atoms with Crippen LogP contribution in [0.4, 0.5) is 0 Å². The summed E-state index contributed by atoms with van der Waals surface area (Å²) in [7, 11) is 0. The van der Waals surface area contributed by atoms with E-state index in [4.69, 9.17) is 35.5 Å². The first-order valence-electron chi connectivity index (χ1n) is 12.6. The van der Waals surface area contributed by atoms with Gasteiger partial charge in [-0.2, -0.15) is 0 Å². The van der Waals surface area contributed by atoms with Gasteiger partial charge in [-0.3, -0.25) is 10.8 Å². The summed E-state index contributed by atoms with van der Waals surface area (Å²) in [5.74, 6) is 1.99. The van der Waals surface area contributed by atoms with E-state index in [1.165, 1.54) is 0 Å². The minimum absolute atomic E-state index is 0.0233. The fraction of sp³-hybridized carbons (Fsp3) is 0.444. The molecule has 2 aliphatic rings. The van der Waals surface area contributed by atoms with Gasteiger partial charge in [-0.1, -0.05) is 12.1 Å². The molecule has 4 N–H and O–H groups in total. The van der Waals surface area contributed by atoms with Gasteiger partial charge in [0.2, 0.25) is 6.10 Å². The third kappa shape index (κ3) is 6.63. The van der Waals surface area contributed by atoms with Crippen LogP contribution in [0.3, 0.4) is 0 Å². The molecule has 0 aromatic heterocycles. The molecule has 0 spiro atoms. The molecule has 0 saturated carbocycles. The van der Waals surface area contributed by atoms with Crippen LogP contribution in [0, 0.1) is 10.8 Å². The quantitative estimate of drug-likeness (QED) is 0.294. The molecule has 0 radical (unpaired) electrons. The van der Waals surface area contributed by atoms with Gasteiger partial charge in [-0.25, -0.2) is 4.79 Å². The first-order valence-corrected chi connectivity index (χ1v) is 12.6. The Hall–Kier alpha value is -3.95. The Morgan fingerprint density at radius 2 is 1.78 bits per heavy atom. The molecule has 10 heteroatoms. The van der Waals surface area contributed by atoms with E-state index in [9.17, 15) is 4.79 Å². The topological polar surface area (TPSA) is 134 Å². The second-order valence-corrected chi connectivity index (χ2v) is 9.13. The smallest absolute Gasteiger partial charge is 0.352 e. The number of guanidine groups is 1.